The minimum atomic E-state index is -4.05. The molecule has 1 heterocycles. The third-order valence-electron chi connectivity index (χ3n) is 4.26. The standard InChI is InChI=1S/C18H18FN3O4S/c19-16-6-1-2-7-17(16)20-27(25,26)15-5-3-4-14(12-15)18(24)22-10-8-21(13-23)9-11-22/h1-7,12-13,20H,8-11H2. The summed E-state index contributed by atoms with van der Waals surface area (Å²) in [4.78, 5) is 26.4. The molecule has 0 spiro atoms. The summed E-state index contributed by atoms with van der Waals surface area (Å²) in [6.45, 7) is 1.62. The second-order valence-corrected chi connectivity index (χ2v) is 7.73. The Morgan fingerprint density at radius 1 is 1.04 bits per heavy atom. The van der Waals surface area contributed by atoms with E-state index in [1.807, 2.05) is 0 Å². The molecule has 142 valence electrons. The number of benzene rings is 2. The van der Waals surface area contributed by atoms with Crippen molar-refractivity contribution in [2.45, 2.75) is 4.90 Å². The van der Waals surface area contributed by atoms with Crippen LogP contribution in [0.2, 0.25) is 0 Å². The molecule has 0 radical (unpaired) electrons. The number of carbonyl (C=O) groups is 2. The van der Waals surface area contributed by atoms with Gasteiger partial charge >= 0.3 is 0 Å². The van der Waals surface area contributed by atoms with Gasteiger partial charge in [-0.25, -0.2) is 12.8 Å². The molecule has 2 aromatic carbocycles. The van der Waals surface area contributed by atoms with Crippen molar-refractivity contribution in [2.75, 3.05) is 30.9 Å². The van der Waals surface area contributed by atoms with Gasteiger partial charge in [-0.3, -0.25) is 14.3 Å². The Kier molecular flexibility index (Phi) is 5.41. The predicted molar refractivity (Wildman–Crippen MR) is 97.2 cm³/mol. The van der Waals surface area contributed by atoms with Gasteiger partial charge in [0.05, 0.1) is 10.6 Å². The molecule has 2 amide bonds. The third-order valence-corrected chi connectivity index (χ3v) is 5.62. The normalized spacial score (nSPS) is 14.7. The fourth-order valence-electron chi connectivity index (χ4n) is 2.76. The lowest BCUT2D eigenvalue weighted by Crippen LogP contribution is -2.48. The van der Waals surface area contributed by atoms with E-state index in [4.69, 9.17) is 0 Å². The van der Waals surface area contributed by atoms with Crippen LogP contribution >= 0.6 is 0 Å². The highest BCUT2D eigenvalue weighted by atomic mass is 32.2. The number of rotatable bonds is 5. The molecule has 1 aliphatic heterocycles. The Hall–Kier alpha value is -2.94. The zero-order valence-corrected chi connectivity index (χ0v) is 15.2. The van der Waals surface area contributed by atoms with Crippen molar-refractivity contribution in [3.63, 3.8) is 0 Å². The van der Waals surface area contributed by atoms with E-state index in [9.17, 15) is 22.4 Å². The highest BCUT2D eigenvalue weighted by Crippen LogP contribution is 2.20. The highest BCUT2D eigenvalue weighted by molar-refractivity contribution is 7.92. The summed E-state index contributed by atoms with van der Waals surface area (Å²) < 4.78 is 41.0. The van der Waals surface area contributed by atoms with Crippen LogP contribution in [0.4, 0.5) is 10.1 Å². The van der Waals surface area contributed by atoms with Crippen molar-refractivity contribution in [3.05, 3.63) is 59.9 Å². The van der Waals surface area contributed by atoms with Crippen LogP contribution in [0.25, 0.3) is 0 Å². The number of nitrogens with one attached hydrogen (secondary N) is 1. The molecule has 2 aromatic rings. The summed E-state index contributed by atoms with van der Waals surface area (Å²) >= 11 is 0. The van der Waals surface area contributed by atoms with Crippen LogP contribution in [0, 0.1) is 5.82 Å². The second kappa shape index (κ2) is 7.75. The topological polar surface area (TPSA) is 86.8 Å². The van der Waals surface area contributed by atoms with Crippen LogP contribution in [0.5, 0.6) is 0 Å². The lowest BCUT2D eigenvalue weighted by atomic mass is 10.2. The van der Waals surface area contributed by atoms with Gasteiger partial charge in [0.15, 0.2) is 0 Å². The van der Waals surface area contributed by atoms with Crippen molar-refractivity contribution in [1.29, 1.82) is 0 Å². The fourth-order valence-corrected chi connectivity index (χ4v) is 3.87. The van der Waals surface area contributed by atoms with Crippen LogP contribution in [0.1, 0.15) is 10.4 Å². The summed E-state index contributed by atoms with van der Waals surface area (Å²) in [5.74, 6) is -1.01. The average molecular weight is 391 g/mol. The average Bonchev–Trinajstić information content (AvgIpc) is 2.69. The monoisotopic (exact) mass is 391 g/mol. The van der Waals surface area contributed by atoms with Crippen LogP contribution in [0.3, 0.4) is 0 Å². The molecule has 0 aliphatic carbocycles. The van der Waals surface area contributed by atoms with Crippen molar-refractivity contribution in [2.24, 2.45) is 0 Å². The van der Waals surface area contributed by atoms with E-state index in [2.05, 4.69) is 4.72 Å². The van der Waals surface area contributed by atoms with E-state index in [-0.39, 0.29) is 22.1 Å². The molecule has 1 N–H and O–H groups in total. The predicted octanol–water partition coefficient (Wildman–Crippen LogP) is 1.54. The molecule has 3 rings (SSSR count). The number of piperazine rings is 1. The molecule has 7 nitrogen and oxygen atoms in total. The fraction of sp³-hybridized carbons (Fsp3) is 0.222. The van der Waals surface area contributed by atoms with Gasteiger partial charge in [-0.15, -0.1) is 0 Å². The number of anilines is 1. The summed E-state index contributed by atoms with van der Waals surface area (Å²) in [5, 5.41) is 0. The maximum absolute atomic E-state index is 13.7. The molecule has 9 heteroatoms. The Morgan fingerprint density at radius 2 is 1.74 bits per heavy atom. The van der Waals surface area contributed by atoms with Crippen molar-refractivity contribution in [3.8, 4) is 0 Å². The van der Waals surface area contributed by atoms with Crippen LogP contribution < -0.4 is 4.72 Å². The van der Waals surface area contributed by atoms with E-state index in [1.165, 1.54) is 42.5 Å². The summed E-state index contributed by atoms with van der Waals surface area (Å²) in [7, 11) is -4.05. The number of amides is 2. The summed E-state index contributed by atoms with van der Waals surface area (Å²) in [6.07, 6.45) is 0.739. The minimum absolute atomic E-state index is 0.136. The Morgan fingerprint density at radius 3 is 2.41 bits per heavy atom. The second-order valence-electron chi connectivity index (χ2n) is 6.05. The zero-order chi connectivity index (χ0) is 19.4. The van der Waals surface area contributed by atoms with Gasteiger partial charge in [0.2, 0.25) is 6.41 Å². The number of halogens is 1. The Labute approximate surface area is 156 Å². The summed E-state index contributed by atoms with van der Waals surface area (Å²) in [6, 6.07) is 11.0. The first-order valence-corrected chi connectivity index (χ1v) is 9.75. The maximum atomic E-state index is 13.7. The van der Waals surface area contributed by atoms with Crippen LogP contribution in [-0.4, -0.2) is 56.7 Å². The first kappa shape index (κ1) is 18.8. The van der Waals surface area contributed by atoms with Gasteiger partial charge in [0.1, 0.15) is 5.82 Å². The lowest BCUT2D eigenvalue weighted by molar-refractivity contribution is -0.119. The SMILES string of the molecule is O=CN1CCN(C(=O)c2cccc(S(=O)(=O)Nc3ccccc3F)c2)CC1. The van der Waals surface area contributed by atoms with Gasteiger partial charge in [-0.2, -0.15) is 0 Å². The number of hydrogen-bond donors (Lipinski definition) is 1. The Balaban J connectivity index is 1.79. The smallest absolute Gasteiger partial charge is 0.262 e. The van der Waals surface area contributed by atoms with Gasteiger partial charge in [-0.1, -0.05) is 18.2 Å². The minimum Gasteiger partial charge on any atom is -0.342 e. The number of hydrogen-bond acceptors (Lipinski definition) is 4. The Bertz CT molecular complexity index is 957. The largest absolute Gasteiger partial charge is 0.342 e. The molecule has 1 saturated heterocycles. The first-order chi connectivity index (χ1) is 12.9. The molecule has 0 saturated carbocycles. The van der Waals surface area contributed by atoms with Crippen molar-refractivity contribution in [1.82, 2.24) is 9.80 Å². The number of sulfonamides is 1. The van der Waals surface area contributed by atoms with Gasteiger partial charge in [0, 0.05) is 31.7 Å². The molecule has 0 aromatic heterocycles. The molecule has 1 fully saturated rings. The quantitative estimate of drug-likeness (QED) is 0.784. The van der Waals surface area contributed by atoms with Gasteiger partial charge < -0.3 is 9.80 Å². The molecular formula is C18H18FN3O4S. The van der Waals surface area contributed by atoms with Crippen molar-refractivity contribution >= 4 is 28.0 Å². The molecule has 0 atom stereocenters. The number of nitrogens with zero attached hydrogens (tertiary/aromatic N) is 2. The maximum Gasteiger partial charge on any atom is 0.262 e. The van der Waals surface area contributed by atoms with Crippen LogP contribution in [0.15, 0.2) is 53.4 Å². The van der Waals surface area contributed by atoms with E-state index >= 15 is 0 Å². The molecule has 0 bridgehead atoms. The van der Waals surface area contributed by atoms with E-state index in [0.717, 1.165) is 12.5 Å². The molecule has 1 aliphatic rings. The van der Waals surface area contributed by atoms with E-state index < -0.39 is 15.8 Å². The van der Waals surface area contributed by atoms with E-state index in [1.54, 1.807) is 9.80 Å². The van der Waals surface area contributed by atoms with Gasteiger partial charge in [-0.05, 0) is 30.3 Å². The molecular weight excluding hydrogens is 373 g/mol. The third kappa shape index (κ3) is 4.25. The summed E-state index contributed by atoms with van der Waals surface area (Å²) in [5.41, 5.74) is 0.0465. The van der Waals surface area contributed by atoms with Crippen LogP contribution in [-0.2, 0) is 14.8 Å². The molecule has 27 heavy (non-hydrogen) atoms. The van der Waals surface area contributed by atoms with Crippen molar-refractivity contribution < 1.29 is 22.4 Å². The zero-order valence-electron chi connectivity index (χ0n) is 14.3. The molecule has 0 unspecified atom stereocenters. The lowest BCUT2D eigenvalue weighted by Gasteiger charge is -2.32. The number of para-hydroxylation sites is 1. The first-order valence-electron chi connectivity index (χ1n) is 8.27. The number of carbonyl (C=O) groups excluding carboxylic acids is 2. The van der Waals surface area contributed by atoms with Gasteiger partial charge in [0.25, 0.3) is 15.9 Å². The van der Waals surface area contributed by atoms with E-state index in [0.29, 0.717) is 26.2 Å². The highest BCUT2D eigenvalue weighted by Gasteiger charge is 2.23.